The Balaban J connectivity index is 1.42. The Hall–Kier alpha value is -3.75. The highest BCUT2D eigenvalue weighted by molar-refractivity contribution is 5.99. The number of urea groups is 1. The van der Waals surface area contributed by atoms with Crippen LogP contribution < -0.4 is 10.6 Å². The van der Waals surface area contributed by atoms with Crippen molar-refractivity contribution in [2.24, 2.45) is 0 Å². The second kappa shape index (κ2) is 10.0. The van der Waals surface area contributed by atoms with Crippen molar-refractivity contribution < 1.29 is 19.4 Å². The molecule has 2 heterocycles. The van der Waals surface area contributed by atoms with Gasteiger partial charge in [0.2, 0.25) is 5.91 Å². The average Bonchev–Trinajstić information content (AvgIpc) is 2.82. The van der Waals surface area contributed by atoms with Gasteiger partial charge in [-0.05, 0) is 42.0 Å². The van der Waals surface area contributed by atoms with Crippen molar-refractivity contribution in [3.8, 4) is 0 Å². The molecule has 1 saturated heterocycles. The van der Waals surface area contributed by atoms with Gasteiger partial charge in [-0.15, -0.1) is 0 Å². The van der Waals surface area contributed by atoms with Crippen molar-refractivity contribution in [3.05, 3.63) is 90.3 Å². The maximum Gasteiger partial charge on any atom is 0.323 e. The van der Waals surface area contributed by atoms with Gasteiger partial charge in [0.1, 0.15) is 12.7 Å². The van der Waals surface area contributed by atoms with Crippen LogP contribution in [0.4, 0.5) is 16.2 Å². The van der Waals surface area contributed by atoms with E-state index >= 15 is 0 Å². The van der Waals surface area contributed by atoms with E-state index in [9.17, 15) is 14.7 Å². The van der Waals surface area contributed by atoms with Crippen LogP contribution in [0, 0.1) is 0 Å². The van der Waals surface area contributed by atoms with Crippen LogP contribution in [0.15, 0.2) is 79.0 Å². The number of hydrogen-bond acceptors (Lipinski definition) is 5. The molecular weight excluding hydrogens is 408 g/mol. The lowest BCUT2D eigenvalue weighted by Gasteiger charge is -2.38. The molecule has 4 rings (SSSR count). The van der Waals surface area contributed by atoms with Crippen LogP contribution in [-0.2, 0) is 16.1 Å². The Morgan fingerprint density at radius 2 is 1.72 bits per heavy atom. The third-order valence-corrected chi connectivity index (χ3v) is 5.20. The fraction of sp³-hybridized carbons (Fsp3) is 0.208. The van der Waals surface area contributed by atoms with E-state index < -0.39 is 12.1 Å². The fourth-order valence-electron chi connectivity index (χ4n) is 3.56. The zero-order valence-corrected chi connectivity index (χ0v) is 17.3. The second-order valence-electron chi connectivity index (χ2n) is 7.44. The highest BCUT2D eigenvalue weighted by atomic mass is 16.5. The van der Waals surface area contributed by atoms with Crippen molar-refractivity contribution in [2.45, 2.75) is 18.7 Å². The van der Waals surface area contributed by atoms with Crippen molar-refractivity contribution in [1.82, 2.24) is 9.88 Å². The van der Waals surface area contributed by atoms with Crippen molar-refractivity contribution in [3.63, 3.8) is 0 Å². The first-order valence-electron chi connectivity index (χ1n) is 10.3. The first-order valence-corrected chi connectivity index (χ1v) is 10.3. The van der Waals surface area contributed by atoms with Crippen molar-refractivity contribution in [2.75, 3.05) is 23.8 Å². The van der Waals surface area contributed by atoms with E-state index in [0.29, 0.717) is 23.5 Å². The van der Waals surface area contributed by atoms with E-state index in [1.54, 1.807) is 47.5 Å². The van der Waals surface area contributed by atoms with Crippen LogP contribution in [0.25, 0.3) is 0 Å². The van der Waals surface area contributed by atoms with Crippen LogP contribution in [0.1, 0.15) is 17.4 Å². The van der Waals surface area contributed by atoms with Crippen LogP contribution in [0.5, 0.6) is 0 Å². The minimum atomic E-state index is -0.949. The lowest BCUT2D eigenvalue weighted by molar-refractivity contribution is -0.155. The zero-order valence-electron chi connectivity index (χ0n) is 17.3. The molecular formula is C24H24N4O4. The summed E-state index contributed by atoms with van der Waals surface area (Å²) in [5.74, 6) is -0.193. The summed E-state index contributed by atoms with van der Waals surface area (Å²) in [6.45, 7) is 0.499. The molecule has 0 spiro atoms. The summed E-state index contributed by atoms with van der Waals surface area (Å²) in [5, 5.41) is 16.5. The topological polar surface area (TPSA) is 104 Å². The molecule has 164 valence electrons. The minimum absolute atomic E-state index is 0.0184. The first kappa shape index (κ1) is 21.5. The number of aromatic nitrogens is 1. The molecule has 1 aromatic heterocycles. The number of carbonyl (C=O) groups excluding carboxylic acids is 2. The number of pyridine rings is 1. The van der Waals surface area contributed by atoms with Crippen molar-refractivity contribution >= 4 is 23.3 Å². The second-order valence-corrected chi connectivity index (χ2v) is 7.44. The molecule has 3 amide bonds. The van der Waals surface area contributed by atoms with E-state index in [4.69, 9.17) is 4.74 Å². The van der Waals surface area contributed by atoms with E-state index in [0.717, 1.165) is 5.69 Å². The van der Waals surface area contributed by atoms with Gasteiger partial charge in [-0.2, -0.15) is 0 Å². The quantitative estimate of drug-likeness (QED) is 0.555. The number of rotatable bonds is 6. The van der Waals surface area contributed by atoms with Crippen molar-refractivity contribution in [1.29, 1.82) is 0 Å². The molecule has 1 fully saturated rings. The van der Waals surface area contributed by atoms with Gasteiger partial charge in [0.15, 0.2) is 0 Å². The summed E-state index contributed by atoms with van der Waals surface area (Å²) in [4.78, 5) is 30.5. The third-order valence-electron chi connectivity index (χ3n) is 5.20. The molecule has 1 aliphatic heterocycles. The Morgan fingerprint density at radius 1 is 1.03 bits per heavy atom. The number of benzene rings is 2. The molecule has 1 aliphatic rings. The summed E-state index contributed by atoms with van der Waals surface area (Å²) in [6, 6.07) is 20.6. The number of nitrogens with zero attached hydrogens (tertiary/aromatic N) is 2. The van der Waals surface area contributed by atoms with Crippen LogP contribution in [0.3, 0.4) is 0 Å². The number of ether oxygens (including phenoxy) is 1. The Labute approximate surface area is 185 Å². The summed E-state index contributed by atoms with van der Waals surface area (Å²) in [6.07, 6.45) is 0.723. The number of aliphatic hydroxyl groups is 1. The van der Waals surface area contributed by atoms with Gasteiger partial charge >= 0.3 is 6.03 Å². The molecule has 8 heteroatoms. The predicted octanol–water partition coefficient (Wildman–Crippen LogP) is 3.19. The SMILES string of the molecule is O=C(Nc1ccccc1)Nc1ccc([C@@H](O)[C@H]2COCC(=O)N2Cc2ccccn2)cc1. The molecule has 0 bridgehead atoms. The smallest absolute Gasteiger partial charge is 0.323 e. The number of amides is 3. The highest BCUT2D eigenvalue weighted by Gasteiger charge is 2.34. The van der Waals surface area contributed by atoms with E-state index in [1.165, 1.54) is 0 Å². The van der Waals surface area contributed by atoms with Gasteiger partial charge in [-0.1, -0.05) is 36.4 Å². The molecule has 3 aromatic rings. The molecule has 2 aromatic carbocycles. The van der Waals surface area contributed by atoms with Crippen LogP contribution >= 0.6 is 0 Å². The van der Waals surface area contributed by atoms with Crippen LogP contribution in [0.2, 0.25) is 0 Å². The van der Waals surface area contributed by atoms with Gasteiger partial charge in [-0.3, -0.25) is 9.78 Å². The molecule has 0 radical (unpaired) electrons. The van der Waals surface area contributed by atoms with Gasteiger partial charge in [0.05, 0.1) is 24.9 Å². The molecule has 3 N–H and O–H groups in total. The highest BCUT2D eigenvalue weighted by Crippen LogP contribution is 2.26. The first-order chi connectivity index (χ1) is 15.6. The minimum Gasteiger partial charge on any atom is -0.386 e. The largest absolute Gasteiger partial charge is 0.386 e. The molecule has 2 atom stereocenters. The molecule has 0 aliphatic carbocycles. The van der Waals surface area contributed by atoms with E-state index in [2.05, 4.69) is 15.6 Å². The number of para-hydroxylation sites is 1. The molecule has 0 saturated carbocycles. The number of carbonyl (C=O) groups is 2. The summed E-state index contributed by atoms with van der Waals surface area (Å²) < 4.78 is 5.40. The third kappa shape index (κ3) is 5.29. The summed E-state index contributed by atoms with van der Waals surface area (Å²) >= 11 is 0. The Morgan fingerprint density at radius 3 is 2.41 bits per heavy atom. The number of anilines is 2. The molecule has 0 unspecified atom stereocenters. The Kier molecular flexibility index (Phi) is 6.74. The standard InChI is InChI=1S/C24H24N4O4/c29-22-16-32-15-21(28(22)14-20-8-4-5-13-25-20)23(30)17-9-11-19(12-10-17)27-24(31)26-18-6-2-1-3-7-18/h1-13,21,23,30H,14-16H2,(H2,26,27,31)/t21-,23-/m1/s1. The van der Waals surface area contributed by atoms with Gasteiger partial charge in [0, 0.05) is 17.6 Å². The van der Waals surface area contributed by atoms with Gasteiger partial charge < -0.3 is 25.4 Å². The normalized spacial score (nSPS) is 17.0. The fourth-order valence-corrected chi connectivity index (χ4v) is 3.56. The summed E-state index contributed by atoms with van der Waals surface area (Å²) in [5.41, 5.74) is 2.62. The zero-order chi connectivity index (χ0) is 22.3. The Bertz CT molecular complexity index is 1040. The summed E-state index contributed by atoms with van der Waals surface area (Å²) in [7, 11) is 0. The van der Waals surface area contributed by atoms with Gasteiger partial charge in [-0.25, -0.2) is 4.79 Å². The monoisotopic (exact) mass is 432 g/mol. The lowest BCUT2D eigenvalue weighted by atomic mass is 9.99. The number of hydrogen-bond donors (Lipinski definition) is 3. The average molecular weight is 432 g/mol. The number of nitrogens with one attached hydrogen (secondary N) is 2. The number of aliphatic hydroxyl groups excluding tert-OH is 1. The van der Waals surface area contributed by atoms with E-state index in [1.807, 2.05) is 36.4 Å². The van der Waals surface area contributed by atoms with Gasteiger partial charge in [0.25, 0.3) is 0 Å². The predicted molar refractivity (Wildman–Crippen MR) is 120 cm³/mol. The lowest BCUT2D eigenvalue weighted by Crippen LogP contribution is -2.51. The molecule has 8 nitrogen and oxygen atoms in total. The van der Waals surface area contributed by atoms with E-state index in [-0.39, 0.29) is 25.2 Å². The maximum absolute atomic E-state index is 12.5. The maximum atomic E-state index is 12.5. The molecule has 32 heavy (non-hydrogen) atoms. The number of morpholine rings is 1. The van der Waals surface area contributed by atoms with Crippen LogP contribution in [-0.4, -0.2) is 46.2 Å².